The molecule has 3 saturated heterocycles. The first-order valence-electron chi connectivity index (χ1n) is 9.77. The molecule has 3 aliphatic rings. The molecule has 0 aliphatic carbocycles. The van der Waals surface area contributed by atoms with E-state index in [0.29, 0.717) is 29.8 Å². The molecule has 0 spiro atoms. The number of hydrogen-bond donors (Lipinski definition) is 1. The zero-order valence-electron chi connectivity index (χ0n) is 14.8. The van der Waals surface area contributed by atoms with Crippen LogP contribution in [0.15, 0.2) is 12.4 Å². The molecule has 1 aromatic rings. The van der Waals surface area contributed by atoms with Crippen molar-refractivity contribution in [1.82, 2.24) is 20.0 Å². The second kappa shape index (κ2) is 6.87. The van der Waals surface area contributed by atoms with Gasteiger partial charge in [-0.05, 0) is 62.8 Å². The molecular weight excluding hydrogens is 300 g/mol. The van der Waals surface area contributed by atoms with Gasteiger partial charge in [0.25, 0.3) is 0 Å². The maximum atomic E-state index is 12.7. The number of likely N-dealkylation sites (tertiary alicyclic amines) is 1. The van der Waals surface area contributed by atoms with Gasteiger partial charge < -0.3 is 10.2 Å². The van der Waals surface area contributed by atoms with Crippen molar-refractivity contribution >= 4 is 5.91 Å². The summed E-state index contributed by atoms with van der Waals surface area (Å²) in [6.07, 6.45) is 12.1. The van der Waals surface area contributed by atoms with Crippen molar-refractivity contribution in [3.05, 3.63) is 18.0 Å². The molecule has 0 radical (unpaired) electrons. The summed E-state index contributed by atoms with van der Waals surface area (Å²) in [4.78, 5) is 14.8. The smallest absolute Gasteiger partial charge is 0.222 e. The van der Waals surface area contributed by atoms with Crippen LogP contribution in [0.25, 0.3) is 0 Å². The number of nitrogens with one attached hydrogen (secondary N) is 1. The number of nitrogens with zero attached hydrogens (tertiary/aromatic N) is 3. The van der Waals surface area contributed by atoms with Crippen molar-refractivity contribution in [2.45, 2.75) is 76.4 Å². The van der Waals surface area contributed by atoms with Gasteiger partial charge in [0.15, 0.2) is 0 Å². The molecule has 4 rings (SSSR count). The number of carbonyl (C=O) groups excluding carboxylic acids is 1. The van der Waals surface area contributed by atoms with Crippen LogP contribution in [0.1, 0.15) is 63.4 Å². The van der Waals surface area contributed by atoms with Gasteiger partial charge in [0.2, 0.25) is 5.91 Å². The van der Waals surface area contributed by atoms with Crippen LogP contribution in [0.3, 0.4) is 0 Å². The van der Waals surface area contributed by atoms with E-state index in [2.05, 4.69) is 28.4 Å². The first-order chi connectivity index (χ1) is 11.7. The summed E-state index contributed by atoms with van der Waals surface area (Å²) in [5.41, 5.74) is 1.35. The van der Waals surface area contributed by atoms with Crippen LogP contribution in [-0.2, 0) is 11.3 Å². The van der Waals surface area contributed by atoms with Crippen molar-refractivity contribution in [2.75, 3.05) is 13.1 Å². The van der Waals surface area contributed by atoms with Crippen LogP contribution in [-0.4, -0.2) is 45.8 Å². The van der Waals surface area contributed by atoms with Gasteiger partial charge in [0.1, 0.15) is 0 Å². The van der Waals surface area contributed by atoms with Crippen LogP contribution >= 0.6 is 0 Å². The van der Waals surface area contributed by atoms with E-state index in [1.54, 1.807) is 0 Å². The molecule has 2 unspecified atom stereocenters. The highest BCUT2D eigenvalue weighted by Gasteiger charge is 2.35. The molecule has 2 atom stereocenters. The van der Waals surface area contributed by atoms with Gasteiger partial charge in [0, 0.05) is 44.3 Å². The minimum Gasteiger partial charge on any atom is -0.343 e. The van der Waals surface area contributed by atoms with Crippen molar-refractivity contribution in [2.24, 2.45) is 5.92 Å². The van der Waals surface area contributed by atoms with Crippen molar-refractivity contribution < 1.29 is 4.79 Å². The Labute approximate surface area is 144 Å². The first-order valence-corrected chi connectivity index (χ1v) is 9.77. The molecule has 1 N–H and O–H groups in total. The molecule has 1 aromatic heterocycles. The Hall–Kier alpha value is -1.36. The summed E-state index contributed by atoms with van der Waals surface area (Å²) in [5.74, 6) is 1.57. The fourth-order valence-electron chi connectivity index (χ4n) is 4.94. The summed E-state index contributed by atoms with van der Waals surface area (Å²) < 4.78 is 2.00. The minimum atomic E-state index is 0.393. The number of aromatic nitrogens is 2. The predicted molar refractivity (Wildman–Crippen MR) is 93.7 cm³/mol. The number of aryl methyl sites for hydroxylation is 1. The SMILES string of the molecule is CCn1cc(C2CCN(C(=O)CC3CC4CCC(C3)N4)CC2)cn1. The zero-order chi connectivity index (χ0) is 16.5. The number of fused-ring (bicyclic) bond motifs is 2. The number of piperidine rings is 2. The molecule has 0 saturated carbocycles. The monoisotopic (exact) mass is 330 g/mol. The predicted octanol–water partition coefficient (Wildman–Crippen LogP) is 2.53. The first kappa shape index (κ1) is 16.1. The second-order valence-corrected chi connectivity index (χ2v) is 7.96. The number of carbonyl (C=O) groups is 1. The topological polar surface area (TPSA) is 50.2 Å². The maximum absolute atomic E-state index is 12.7. The van der Waals surface area contributed by atoms with Gasteiger partial charge in [-0.25, -0.2) is 0 Å². The Morgan fingerprint density at radius 2 is 1.92 bits per heavy atom. The quantitative estimate of drug-likeness (QED) is 0.923. The molecule has 0 aromatic carbocycles. The Morgan fingerprint density at radius 3 is 2.54 bits per heavy atom. The number of amides is 1. The van der Waals surface area contributed by atoms with Crippen LogP contribution in [0, 0.1) is 5.92 Å². The van der Waals surface area contributed by atoms with Crippen molar-refractivity contribution in [3.8, 4) is 0 Å². The van der Waals surface area contributed by atoms with Crippen LogP contribution < -0.4 is 5.32 Å². The van der Waals surface area contributed by atoms with Crippen molar-refractivity contribution in [1.29, 1.82) is 0 Å². The van der Waals surface area contributed by atoms with E-state index in [1.165, 1.54) is 31.2 Å². The van der Waals surface area contributed by atoms with E-state index in [4.69, 9.17) is 0 Å². The summed E-state index contributed by atoms with van der Waals surface area (Å²) >= 11 is 0. The lowest BCUT2D eigenvalue weighted by atomic mass is 9.88. The Balaban J connectivity index is 1.27. The van der Waals surface area contributed by atoms with E-state index in [9.17, 15) is 4.79 Å². The molecule has 1 amide bonds. The average molecular weight is 330 g/mol. The lowest BCUT2D eigenvalue weighted by molar-refractivity contribution is -0.133. The van der Waals surface area contributed by atoms with Gasteiger partial charge in [-0.2, -0.15) is 5.10 Å². The van der Waals surface area contributed by atoms with Crippen LogP contribution in [0.2, 0.25) is 0 Å². The highest BCUT2D eigenvalue weighted by atomic mass is 16.2. The van der Waals surface area contributed by atoms with Crippen molar-refractivity contribution in [3.63, 3.8) is 0 Å². The standard InChI is InChI=1S/C19H30N4O/c1-2-23-13-16(12-20-23)15-5-7-22(8-6-15)19(24)11-14-9-17-3-4-18(10-14)21-17/h12-15,17-18,21H,2-11H2,1H3. The third-order valence-corrected chi connectivity index (χ3v) is 6.33. The maximum Gasteiger partial charge on any atom is 0.222 e. The van der Waals surface area contributed by atoms with Gasteiger partial charge in [-0.1, -0.05) is 0 Å². The third kappa shape index (κ3) is 3.37. The van der Waals surface area contributed by atoms with Gasteiger partial charge in [-0.15, -0.1) is 0 Å². The molecule has 4 heterocycles. The Morgan fingerprint density at radius 1 is 1.21 bits per heavy atom. The molecule has 3 aliphatic heterocycles. The summed E-state index contributed by atoms with van der Waals surface area (Å²) in [5, 5.41) is 8.06. The molecule has 132 valence electrons. The number of hydrogen-bond acceptors (Lipinski definition) is 3. The third-order valence-electron chi connectivity index (χ3n) is 6.33. The lowest BCUT2D eigenvalue weighted by Gasteiger charge is -2.34. The molecule has 5 nitrogen and oxygen atoms in total. The normalized spacial score (nSPS) is 30.7. The summed E-state index contributed by atoms with van der Waals surface area (Å²) in [7, 11) is 0. The Kier molecular flexibility index (Phi) is 4.61. The molecule has 24 heavy (non-hydrogen) atoms. The van der Waals surface area contributed by atoms with Crippen LogP contribution in [0.5, 0.6) is 0 Å². The molecular formula is C19H30N4O. The lowest BCUT2D eigenvalue weighted by Crippen LogP contribution is -2.42. The van der Waals surface area contributed by atoms with E-state index in [-0.39, 0.29) is 0 Å². The van der Waals surface area contributed by atoms with E-state index in [0.717, 1.165) is 38.9 Å². The average Bonchev–Trinajstić information content (AvgIpc) is 3.21. The minimum absolute atomic E-state index is 0.393. The second-order valence-electron chi connectivity index (χ2n) is 7.96. The highest BCUT2D eigenvalue weighted by molar-refractivity contribution is 5.76. The summed E-state index contributed by atoms with van der Waals surface area (Å²) in [6.45, 7) is 4.87. The molecule has 2 bridgehead atoms. The zero-order valence-corrected chi connectivity index (χ0v) is 14.8. The fourth-order valence-corrected chi connectivity index (χ4v) is 4.94. The van der Waals surface area contributed by atoms with Crippen LogP contribution in [0.4, 0.5) is 0 Å². The molecule has 5 heteroatoms. The van der Waals surface area contributed by atoms with E-state index in [1.807, 2.05) is 10.9 Å². The summed E-state index contributed by atoms with van der Waals surface area (Å²) in [6, 6.07) is 1.37. The largest absolute Gasteiger partial charge is 0.343 e. The van der Waals surface area contributed by atoms with Gasteiger partial charge in [0.05, 0.1) is 6.20 Å². The highest BCUT2D eigenvalue weighted by Crippen LogP contribution is 2.34. The van der Waals surface area contributed by atoms with E-state index >= 15 is 0 Å². The number of rotatable bonds is 4. The van der Waals surface area contributed by atoms with E-state index < -0.39 is 0 Å². The Bertz CT molecular complexity index is 564. The fraction of sp³-hybridized carbons (Fsp3) is 0.789. The van der Waals surface area contributed by atoms with Gasteiger partial charge >= 0.3 is 0 Å². The molecule has 3 fully saturated rings. The van der Waals surface area contributed by atoms with Gasteiger partial charge in [-0.3, -0.25) is 9.48 Å².